The molecule has 2 rings (SSSR count). The number of halogens is 1. The van der Waals surface area contributed by atoms with Crippen LogP contribution in [0.2, 0.25) is 5.15 Å². The zero-order valence-corrected chi connectivity index (χ0v) is 9.83. The fourth-order valence-corrected chi connectivity index (χ4v) is 2.27. The van der Waals surface area contributed by atoms with Crippen molar-refractivity contribution in [2.24, 2.45) is 4.99 Å². The lowest BCUT2D eigenvalue weighted by molar-refractivity contribution is 0.690. The van der Waals surface area contributed by atoms with Crippen molar-refractivity contribution in [1.29, 1.82) is 0 Å². The third kappa shape index (κ3) is 2.20. The Bertz CT molecular complexity index is 370. The Morgan fingerprint density at radius 2 is 2.27 bits per heavy atom. The summed E-state index contributed by atoms with van der Waals surface area (Å²) in [7, 11) is 0. The highest BCUT2D eigenvalue weighted by atomic mass is 35.5. The molecule has 2 heterocycles. The largest absolute Gasteiger partial charge is 0.290 e. The summed E-state index contributed by atoms with van der Waals surface area (Å²) in [6, 6.07) is 4.36. The summed E-state index contributed by atoms with van der Waals surface area (Å²) in [5.74, 6) is 0.453. The number of hydrogen-bond donors (Lipinski definition) is 0. The maximum Gasteiger partial charge on any atom is 0.129 e. The molecule has 1 aliphatic rings. The molecule has 0 saturated carbocycles. The first-order valence-electron chi connectivity index (χ1n) is 5.38. The van der Waals surface area contributed by atoms with Gasteiger partial charge in [0.05, 0.1) is 0 Å². The van der Waals surface area contributed by atoms with Crippen LogP contribution in [0, 0.1) is 0 Å². The van der Waals surface area contributed by atoms with Gasteiger partial charge in [-0.2, -0.15) is 0 Å². The van der Waals surface area contributed by atoms with E-state index >= 15 is 0 Å². The number of nitrogens with zero attached hydrogens (tertiary/aromatic N) is 2. The fourth-order valence-electron chi connectivity index (χ4n) is 2.16. The van der Waals surface area contributed by atoms with E-state index in [9.17, 15) is 0 Å². The second-order valence-electron chi connectivity index (χ2n) is 4.03. The zero-order chi connectivity index (χ0) is 10.8. The van der Waals surface area contributed by atoms with Crippen LogP contribution in [0.1, 0.15) is 38.2 Å². The van der Waals surface area contributed by atoms with Crippen molar-refractivity contribution in [3.63, 3.8) is 0 Å². The summed E-state index contributed by atoms with van der Waals surface area (Å²) in [5.41, 5.74) is 2.54. The third-order valence-electron chi connectivity index (χ3n) is 2.88. The Kier molecular flexibility index (Phi) is 3.06. The van der Waals surface area contributed by atoms with E-state index in [1.54, 1.807) is 0 Å². The average molecular weight is 223 g/mol. The van der Waals surface area contributed by atoms with Crippen molar-refractivity contribution in [3.05, 3.63) is 29.0 Å². The molecule has 0 N–H and O–H groups in total. The number of rotatable bonds is 2. The van der Waals surface area contributed by atoms with E-state index in [0.29, 0.717) is 17.1 Å². The molecule has 0 radical (unpaired) electrons. The quantitative estimate of drug-likeness (QED) is 0.704. The molecule has 15 heavy (non-hydrogen) atoms. The van der Waals surface area contributed by atoms with E-state index in [2.05, 4.69) is 29.9 Å². The van der Waals surface area contributed by atoms with Crippen molar-refractivity contribution < 1.29 is 0 Å². The molecule has 1 aromatic rings. The summed E-state index contributed by atoms with van der Waals surface area (Å²) in [4.78, 5) is 8.77. The van der Waals surface area contributed by atoms with Crippen molar-refractivity contribution in [3.8, 4) is 0 Å². The predicted molar refractivity (Wildman–Crippen MR) is 63.8 cm³/mol. The minimum absolute atomic E-state index is 0.445. The molecule has 1 aromatic heterocycles. The van der Waals surface area contributed by atoms with Crippen LogP contribution in [0.4, 0.5) is 0 Å². The van der Waals surface area contributed by atoms with Gasteiger partial charge in [0.25, 0.3) is 0 Å². The first-order valence-corrected chi connectivity index (χ1v) is 5.76. The lowest BCUT2D eigenvalue weighted by atomic mass is 9.92. The summed E-state index contributed by atoms with van der Waals surface area (Å²) in [5, 5.41) is 0.555. The highest BCUT2D eigenvalue weighted by Crippen LogP contribution is 2.31. The molecule has 1 aliphatic heterocycles. The number of aromatic nitrogens is 1. The van der Waals surface area contributed by atoms with E-state index in [1.165, 1.54) is 11.3 Å². The first-order chi connectivity index (χ1) is 7.20. The Labute approximate surface area is 95.4 Å². The second-order valence-corrected chi connectivity index (χ2v) is 4.41. The van der Waals surface area contributed by atoms with Crippen LogP contribution >= 0.6 is 11.6 Å². The molecule has 1 unspecified atom stereocenters. The maximum atomic E-state index is 5.78. The van der Waals surface area contributed by atoms with Crippen LogP contribution in [0.5, 0.6) is 0 Å². The molecule has 2 atom stereocenters. The Morgan fingerprint density at radius 3 is 2.87 bits per heavy atom. The van der Waals surface area contributed by atoms with Crippen LogP contribution < -0.4 is 0 Å². The molecule has 80 valence electrons. The smallest absolute Gasteiger partial charge is 0.129 e. The van der Waals surface area contributed by atoms with Crippen molar-refractivity contribution >= 4 is 17.3 Å². The predicted octanol–water partition coefficient (Wildman–Crippen LogP) is 3.46. The average Bonchev–Trinajstić information content (AvgIpc) is 2.61. The van der Waals surface area contributed by atoms with E-state index < -0.39 is 0 Å². The van der Waals surface area contributed by atoms with Gasteiger partial charge in [0.1, 0.15) is 5.15 Å². The highest BCUT2D eigenvalue weighted by molar-refractivity contribution is 6.29. The molecule has 0 fully saturated rings. The van der Waals surface area contributed by atoms with E-state index in [1.807, 2.05) is 12.3 Å². The Morgan fingerprint density at radius 1 is 1.47 bits per heavy atom. The summed E-state index contributed by atoms with van der Waals surface area (Å²) in [6.07, 6.45) is 4.00. The molecule has 0 saturated heterocycles. The zero-order valence-electron chi connectivity index (χ0n) is 9.07. The van der Waals surface area contributed by atoms with Gasteiger partial charge in [-0.05, 0) is 31.4 Å². The number of hydrogen-bond acceptors (Lipinski definition) is 2. The van der Waals surface area contributed by atoms with Gasteiger partial charge >= 0.3 is 0 Å². The standard InChI is InChI=1S/C12H15ClN2/c1-3-11-10(6-8(2)15-11)9-4-5-12(13)14-7-9/h4-5,7-8,10H,3,6H2,1-2H3/t8-,10?/m1/s1. The van der Waals surface area contributed by atoms with Gasteiger partial charge in [0.2, 0.25) is 0 Å². The van der Waals surface area contributed by atoms with Gasteiger partial charge in [-0.1, -0.05) is 24.6 Å². The molecule has 0 aromatic carbocycles. The number of aliphatic imine (C=N–C) groups is 1. The third-order valence-corrected chi connectivity index (χ3v) is 3.10. The normalized spacial score (nSPS) is 25.4. The topological polar surface area (TPSA) is 25.2 Å². The van der Waals surface area contributed by atoms with Crippen LogP contribution in [0.15, 0.2) is 23.3 Å². The van der Waals surface area contributed by atoms with Gasteiger partial charge in [-0.15, -0.1) is 0 Å². The molecule has 3 heteroatoms. The van der Waals surface area contributed by atoms with Crippen LogP contribution in [0.25, 0.3) is 0 Å². The Hall–Kier alpha value is -0.890. The minimum atomic E-state index is 0.445. The van der Waals surface area contributed by atoms with Gasteiger partial charge in [0, 0.05) is 23.9 Å². The number of pyridine rings is 1. The van der Waals surface area contributed by atoms with Crippen molar-refractivity contribution in [2.75, 3.05) is 0 Å². The minimum Gasteiger partial charge on any atom is -0.290 e. The van der Waals surface area contributed by atoms with Gasteiger partial charge in [-0.25, -0.2) is 4.98 Å². The second kappa shape index (κ2) is 4.31. The molecule has 0 bridgehead atoms. The summed E-state index contributed by atoms with van der Waals surface area (Å²) >= 11 is 5.78. The van der Waals surface area contributed by atoms with Crippen LogP contribution in [-0.2, 0) is 0 Å². The summed E-state index contributed by atoms with van der Waals surface area (Å²) in [6.45, 7) is 4.33. The van der Waals surface area contributed by atoms with E-state index in [-0.39, 0.29) is 0 Å². The van der Waals surface area contributed by atoms with Gasteiger partial charge < -0.3 is 0 Å². The van der Waals surface area contributed by atoms with Crippen LogP contribution in [-0.4, -0.2) is 16.7 Å². The van der Waals surface area contributed by atoms with Crippen molar-refractivity contribution in [2.45, 2.75) is 38.6 Å². The van der Waals surface area contributed by atoms with Gasteiger partial charge in [-0.3, -0.25) is 4.99 Å². The van der Waals surface area contributed by atoms with Crippen molar-refractivity contribution in [1.82, 2.24) is 4.98 Å². The molecule has 0 spiro atoms. The van der Waals surface area contributed by atoms with Crippen LogP contribution in [0.3, 0.4) is 0 Å². The van der Waals surface area contributed by atoms with E-state index in [0.717, 1.165) is 12.8 Å². The first kappa shape index (κ1) is 10.6. The Balaban J connectivity index is 2.25. The molecule has 2 nitrogen and oxygen atoms in total. The molecular weight excluding hydrogens is 208 g/mol. The fraction of sp³-hybridized carbons (Fsp3) is 0.500. The maximum absolute atomic E-state index is 5.78. The summed E-state index contributed by atoms with van der Waals surface area (Å²) < 4.78 is 0. The van der Waals surface area contributed by atoms with Gasteiger partial charge in [0.15, 0.2) is 0 Å². The lowest BCUT2D eigenvalue weighted by Gasteiger charge is -2.11. The molecule has 0 amide bonds. The lowest BCUT2D eigenvalue weighted by Crippen LogP contribution is -2.07. The molecular formula is C12H15ClN2. The SMILES string of the molecule is CCC1=N[C@H](C)CC1c1ccc(Cl)nc1. The molecule has 0 aliphatic carbocycles. The van der Waals surface area contributed by atoms with E-state index in [4.69, 9.17) is 11.6 Å². The highest BCUT2D eigenvalue weighted by Gasteiger charge is 2.25. The monoisotopic (exact) mass is 222 g/mol.